The minimum Gasteiger partial charge on any atom is -0.388 e. The molecule has 0 spiro atoms. The van der Waals surface area contributed by atoms with E-state index in [1.54, 1.807) is 21.3 Å². The molecule has 0 radical (unpaired) electrons. The maximum Gasteiger partial charge on any atom is 0.140 e. The fourth-order valence-corrected chi connectivity index (χ4v) is 5.37. The van der Waals surface area contributed by atoms with Crippen molar-refractivity contribution in [1.82, 2.24) is 0 Å². The van der Waals surface area contributed by atoms with Gasteiger partial charge in [0.05, 0.1) is 0 Å². The van der Waals surface area contributed by atoms with Gasteiger partial charge in [-0.1, -0.05) is 19.4 Å². The minimum atomic E-state index is -1.46. The maximum absolute atomic E-state index is 5.27. The van der Waals surface area contributed by atoms with Crippen molar-refractivity contribution in [3.63, 3.8) is 0 Å². The molecule has 0 aromatic heterocycles. The molecule has 4 heteroatoms. The second-order valence-electron chi connectivity index (χ2n) is 3.55. The van der Waals surface area contributed by atoms with Gasteiger partial charge in [0.2, 0.25) is 0 Å². The summed E-state index contributed by atoms with van der Waals surface area (Å²) < 4.78 is 15.8. The van der Waals surface area contributed by atoms with Gasteiger partial charge in [-0.2, -0.15) is 0 Å². The lowest BCUT2D eigenvalue weighted by atomic mass is 10.6. The molecule has 0 saturated carbocycles. The van der Waals surface area contributed by atoms with Gasteiger partial charge in [0.25, 0.3) is 0 Å². The van der Waals surface area contributed by atoms with Crippen molar-refractivity contribution < 1.29 is 14.2 Å². The first-order chi connectivity index (χ1) is 6.24. The smallest absolute Gasteiger partial charge is 0.140 e. The third kappa shape index (κ3) is 4.76. The maximum atomic E-state index is 5.27. The highest BCUT2D eigenvalue weighted by molar-refractivity contribution is 6.79. The van der Waals surface area contributed by atoms with Gasteiger partial charge in [0.15, 0.2) is 0 Å². The normalized spacial score (nSPS) is 12.0. The van der Waals surface area contributed by atoms with Crippen LogP contribution in [0.4, 0.5) is 0 Å². The van der Waals surface area contributed by atoms with E-state index < -0.39 is 8.07 Å². The van der Waals surface area contributed by atoms with Gasteiger partial charge in [0, 0.05) is 40.0 Å². The van der Waals surface area contributed by atoms with Gasteiger partial charge in [-0.05, 0) is 0 Å². The van der Waals surface area contributed by atoms with Gasteiger partial charge in [-0.3, -0.25) is 0 Å². The second-order valence-corrected chi connectivity index (χ2v) is 7.92. The Balaban J connectivity index is 4.19. The fourth-order valence-electron chi connectivity index (χ4n) is 1.79. The van der Waals surface area contributed by atoms with E-state index >= 15 is 0 Å². The summed E-state index contributed by atoms with van der Waals surface area (Å²) in [4.78, 5) is 0. The Morgan fingerprint density at radius 1 is 0.846 bits per heavy atom. The Labute approximate surface area is 82.4 Å². The summed E-state index contributed by atoms with van der Waals surface area (Å²) in [5.74, 6) is 0. The van der Waals surface area contributed by atoms with Gasteiger partial charge in [-0.15, -0.1) is 0 Å². The van der Waals surface area contributed by atoms with Crippen LogP contribution in [0.15, 0.2) is 0 Å². The third-order valence-corrected chi connectivity index (χ3v) is 6.40. The molecule has 80 valence electrons. The summed E-state index contributed by atoms with van der Waals surface area (Å²) in [6, 6.07) is 1.21. The average Bonchev–Trinajstić information content (AvgIpc) is 2.06. The molecule has 0 aliphatic carbocycles. The molecule has 3 nitrogen and oxygen atoms in total. The van der Waals surface area contributed by atoms with E-state index in [1.807, 2.05) is 0 Å². The average molecular weight is 206 g/mol. The Morgan fingerprint density at radius 3 is 1.46 bits per heavy atom. The van der Waals surface area contributed by atoms with Crippen LogP contribution in [0.25, 0.3) is 0 Å². The van der Waals surface area contributed by atoms with Crippen molar-refractivity contribution in [3.05, 3.63) is 0 Å². The molecule has 0 fully saturated rings. The van der Waals surface area contributed by atoms with E-state index in [0.717, 1.165) is 18.7 Å². The van der Waals surface area contributed by atoms with Crippen LogP contribution in [0.1, 0.15) is 13.3 Å². The first-order valence-corrected chi connectivity index (χ1v) is 7.54. The summed E-state index contributed by atoms with van der Waals surface area (Å²) in [6.45, 7) is 2.20. The first-order valence-electron chi connectivity index (χ1n) is 4.71. The lowest BCUT2D eigenvalue weighted by Gasteiger charge is -2.28. The van der Waals surface area contributed by atoms with Gasteiger partial charge < -0.3 is 14.2 Å². The quantitative estimate of drug-likeness (QED) is 0.562. The number of ether oxygens (including phenoxy) is 3. The summed E-state index contributed by atoms with van der Waals surface area (Å²) in [6.07, 6.45) is 3.69. The van der Waals surface area contributed by atoms with Crippen LogP contribution >= 0.6 is 0 Å². The zero-order valence-corrected chi connectivity index (χ0v) is 10.3. The van der Waals surface area contributed by atoms with Crippen molar-refractivity contribution in [2.75, 3.05) is 40.0 Å². The highest BCUT2D eigenvalue weighted by atomic mass is 28.3. The van der Waals surface area contributed by atoms with Gasteiger partial charge in [-0.25, -0.2) is 0 Å². The zero-order valence-electron chi connectivity index (χ0n) is 9.26. The van der Waals surface area contributed by atoms with Crippen molar-refractivity contribution in [2.24, 2.45) is 0 Å². The zero-order chi connectivity index (χ0) is 10.2. The lowest BCUT2D eigenvalue weighted by molar-refractivity contribution is 0.189. The minimum absolute atomic E-state index is 0.836. The molecule has 0 unspecified atom stereocenters. The third-order valence-electron chi connectivity index (χ3n) is 2.13. The Hall–Kier alpha value is 0.0969. The van der Waals surface area contributed by atoms with Crippen molar-refractivity contribution in [1.29, 1.82) is 0 Å². The molecule has 13 heavy (non-hydrogen) atoms. The van der Waals surface area contributed by atoms with Crippen LogP contribution in [-0.2, 0) is 14.2 Å². The topological polar surface area (TPSA) is 27.7 Å². The van der Waals surface area contributed by atoms with Crippen LogP contribution in [-0.4, -0.2) is 48.1 Å². The SMILES string of the molecule is CCC[Si](COC)(COC)COC. The molecule has 0 amide bonds. The molecule has 0 aromatic carbocycles. The van der Waals surface area contributed by atoms with Crippen LogP contribution in [0.3, 0.4) is 0 Å². The van der Waals surface area contributed by atoms with E-state index in [9.17, 15) is 0 Å². The highest BCUT2D eigenvalue weighted by Crippen LogP contribution is 2.13. The molecule has 0 aromatic rings. The van der Waals surface area contributed by atoms with Crippen LogP contribution in [0.2, 0.25) is 6.04 Å². The molecule has 0 bridgehead atoms. The molecule has 0 heterocycles. The lowest BCUT2D eigenvalue weighted by Crippen LogP contribution is -2.50. The number of rotatable bonds is 8. The van der Waals surface area contributed by atoms with Crippen LogP contribution in [0.5, 0.6) is 0 Å². The molecular formula is C9H22O3Si. The van der Waals surface area contributed by atoms with E-state index in [2.05, 4.69) is 6.92 Å². The molecule has 0 aliphatic rings. The molecule has 0 aliphatic heterocycles. The first kappa shape index (κ1) is 13.1. The van der Waals surface area contributed by atoms with E-state index in [0.29, 0.717) is 0 Å². The molecule has 0 saturated heterocycles. The number of methoxy groups -OCH3 is 3. The predicted octanol–water partition coefficient (Wildman–Crippen LogP) is 1.40. The second kappa shape index (κ2) is 7.50. The van der Waals surface area contributed by atoms with E-state index in [-0.39, 0.29) is 0 Å². The Kier molecular flexibility index (Phi) is 7.55. The van der Waals surface area contributed by atoms with E-state index in [4.69, 9.17) is 14.2 Å². The number of hydrogen-bond acceptors (Lipinski definition) is 3. The van der Waals surface area contributed by atoms with Gasteiger partial charge >= 0.3 is 0 Å². The Bertz CT molecular complexity index is 89.9. The monoisotopic (exact) mass is 206 g/mol. The summed E-state index contributed by atoms with van der Waals surface area (Å²) in [7, 11) is 3.80. The Morgan fingerprint density at radius 2 is 1.23 bits per heavy atom. The van der Waals surface area contributed by atoms with Gasteiger partial charge in [0.1, 0.15) is 8.07 Å². The molecule has 0 atom stereocenters. The standard InChI is InChI=1S/C9H22O3Si/c1-5-6-13(7-10-2,8-11-3)9-12-4/h5-9H2,1-4H3. The molecule has 0 N–H and O–H groups in total. The van der Waals surface area contributed by atoms with Crippen molar-refractivity contribution in [3.8, 4) is 0 Å². The van der Waals surface area contributed by atoms with Crippen LogP contribution < -0.4 is 0 Å². The predicted molar refractivity (Wildman–Crippen MR) is 56.5 cm³/mol. The van der Waals surface area contributed by atoms with E-state index in [1.165, 1.54) is 12.5 Å². The molecule has 0 rings (SSSR count). The molecular weight excluding hydrogens is 184 g/mol. The number of hydrogen-bond donors (Lipinski definition) is 0. The largest absolute Gasteiger partial charge is 0.388 e. The van der Waals surface area contributed by atoms with Crippen molar-refractivity contribution >= 4 is 8.07 Å². The van der Waals surface area contributed by atoms with Crippen molar-refractivity contribution in [2.45, 2.75) is 19.4 Å². The van der Waals surface area contributed by atoms with Crippen LogP contribution in [0, 0.1) is 0 Å². The summed E-state index contributed by atoms with van der Waals surface area (Å²) in [5, 5.41) is 0. The highest BCUT2D eigenvalue weighted by Gasteiger charge is 2.32. The summed E-state index contributed by atoms with van der Waals surface area (Å²) >= 11 is 0. The fraction of sp³-hybridized carbons (Fsp3) is 1.00. The summed E-state index contributed by atoms with van der Waals surface area (Å²) in [5.41, 5.74) is 0.